The first kappa shape index (κ1) is 22.6. The molecular weight excluding hydrogens is 402 g/mol. The summed E-state index contributed by atoms with van der Waals surface area (Å²) >= 11 is 0. The Bertz CT molecular complexity index is 858. The summed E-state index contributed by atoms with van der Waals surface area (Å²) in [6, 6.07) is 3.40. The number of carbonyl (C=O) groups excluding carboxylic acids is 4. The lowest BCUT2D eigenvalue weighted by atomic mass is 9.75. The quantitative estimate of drug-likeness (QED) is 0.481. The number of benzene rings is 1. The van der Waals surface area contributed by atoms with Crippen LogP contribution in [0.1, 0.15) is 49.9 Å². The number of para-hydroxylation sites is 1. The van der Waals surface area contributed by atoms with Gasteiger partial charge in [-0.15, -0.1) is 0 Å². The highest BCUT2D eigenvalue weighted by molar-refractivity contribution is 6.02. The molecule has 0 spiro atoms. The van der Waals surface area contributed by atoms with Crippen molar-refractivity contribution in [3.05, 3.63) is 23.8 Å². The zero-order valence-electron chi connectivity index (χ0n) is 18.0. The first-order chi connectivity index (χ1) is 14.9. The molecule has 0 radical (unpaired) electrons. The Kier molecular flexibility index (Phi) is 7.14. The number of cyclic esters (lactones) is 1. The van der Waals surface area contributed by atoms with Gasteiger partial charge in [0.1, 0.15) is 12.1 Å². The average molecular weight is 431 g/mol. The van der Waals surface area contributed by atoms with Crippen LogP contribution in [0, 0.1) is 11.8 Å². The van der Waals surface area contributed by atoms with Gasteiger partial charge in [-0.05, 0) is 44.7 Å². The topological polar surface area (TPSA) is 123 Å². The lowest BCUT2D eigenvalue weighted by Gasteiger charge is -2.33. The van der Waals surface area contributed by atoms with Crippen molar-refractivity contribution < 1.29 is 28.7 Å². The Labute approximate surface area is 181 Å². The fourth-order valence-corrected chi connectivity index (χ4v) is 4.54. The maximum Gasteiger partial charge on any atom is 0.309 e. The van der Waals surface area contributed by atoms with Crippen molar-refractivity contribution in [2.45, 2.75) is 57.7 Å². The van der Waals surface area contributed by atoms with E-state index in [1.54, 1.807) is 19.1 Å². The van der Waals surface area contributed by atoms with Crippen molar-refractivity contribution >= 4 is 29.9 Å². The zero-order chi connectivity index (χ0) is 22.5. The second-order valence-corrected chi connectivity index (χ2v) is 8.09. The van der Waals surface area contributed by atoms with Crippen LogP contribution in [0.25, 0.3) is 0 Å². The van der Waals surface area contributed by atoms with Crippen LogP contribution in [0.5, 0.6) is 5.75 Å². The number of anilines is 1. The molecule has 2 aliphatic rings. The lowest BCUT2D eigenvalue weighted by molar-refractivity contribution is -0.157. The van der Waals surface area contributed by atoms with Crippen LogP contribution in [-0.2, 0) is 19.1 Å². The lowest BCUT2D eigenvalue weighted by Crippen LogP contribution is -2.55. The van der Waals surface area contributed by atoms with Gasteiger partial charge in [0.05, 0.1) is 24.3 Å². The molecule has 1 aromatic rings. The molecule has 31 heavy (non-hydrogen) atoms. The number of rotatable bonds is 5. The zero-order valence-corrected chi connectivity index (χ0v) is 18.0. The van der Waals surface area contributed by atoms with E-state index in [2.05, 4.69) is 16.0 Å². The molecule has 1 aliphatic heterocycles. The van der Waals surface area contributed by atoms with E-state index in [-0.39, 0.29) is 35.2 Å². The van der Waals surface area contributed by atoms with E-state index in [0.717, 1.165) is 25.7 Å². The fourth-order valence-electron chi connectivity index (χ4n) is 4.54. The molecule has 9 heteroatoms. The molecule has 3 amide bonds. The monoisotopic (exact) mass is 431 g/mol. The summed E-state index contributed by atoms with van der Waals surface area (Å²) in [6.45, 7) is 3.48. The van der Waals surface area contributed by atoms with Crippen molar-refractivity contribution in [1.29, 1.82) is 0 Å². The third-order valence-electron chi connectivity index (χ3n) is 6.15. The number of hydrogen-bond donors (Lipinski definition) is 3. The fraction of sp³-hybridized carbons (Fsp3) is 0.545. The number of fused-ring (bicyclic) bond motifs is 1. The molecule has 5 unspecified atom stereocenters. The van der Waals surface area contributed by atoms with Crippen LogP contribution >= 0.6 is 0 Å². The van der Waals surface area contributed by atoms with E-state index < -0.39 is 24.0 Å². The summed E-state index contributed by atoms with van der Waals surface area (Å²) in [5.74, 6) is -1.40. The highest BCUT2D eigenvalue weighted by Gasteiger charge is 2.41. The van der Waals surface area contributed by atoms with Gasteiger partial charge >= 0.3 is 5.97 Å². The molecular formula is C22H29N3O6. The van der Waals surface area contributed by atoms with Crippen LogP contribution in [0.2, 0.25) is 0 Å². The van der Waals surface area contributed by atoms with Crippen LogP contribution < -0.4 is 20.7 Å². The van der Waals surface area contributed by atoms with E-state index in [1.165, 1.54) is 13.2 Å². The molecule has 1 heterocycles. The number of carbonyl (C=O) groups is 4. The Morgan fingerprint density at radius 1 is 1.23 bits per heavy atom. The van der Waals surface area contributed by atoms with Crippen LogP contribution in [-0.4, -0.2) is 49.5 Å². The van der Waals surface area contributed by atoms with Gasteiger partial charge in [0.25, 0.3) is 5.91 Å². The molecule has 0 aromatic heterocycles. The summed E-state index contributed by atoms with van der Waals surface area (Å²) in [5.41, 5.74) is 0.462. The van der Waals surface area contributed by atoms with Crippen LogP contribution in [0.15, 0.2) is 18.2 Å². The summed E-state index contributed by atoms with van der Waals surface area (Å²) in [4.78, 5) is 49.6. The second kappa shape index (κ2) is 9.80. The number of esters is 1. The minimum atomic E-state index is -1.08. The van der Waals surface area contributed by atoms with Gasteiger partial charge in [0.15, 0.2) is 5.75 Å². The van der Waals surface area contributed by atoms with Gasteiger partial charge in [-0.25, -0.2) is 0 Å². The normalized spacial score (nSPS) is 28.5. The molecule has 3 N–H and O–H groups in total. The number of nitrogens with one attached hydrogen (secondary N) is 3. The Balaban J connectivity index is 1.85. The first-order valence-corrected chi connectivity index (χ1v) is 10.6. The minimum Gasteiger partial charge on any atom is -0.494 e. The molecule has 9 nitrogen and oxygen atoms in total. The molecule has 168 valence electrons. The third-order valence-corrected chi connectivity index (χ3v) is 6.15. The Hall–Kier alpha value is -3.10. The molecule has 5 atom stereocenters. The Morgan fingerprint density at radius 3 is 2.68 bits per heavy atom. The molecule has 1 saturated heterocycles. The van der Waals surface area contributed by atoms with Gasteiger partial charge < -0.3 is 25.4 Å². The molecule has 1 aromatic carbocycles. The van der Waals surface area contributed by atoms with Gasteiger partial charge in [0.2, 0.25) is 12.3 Å². The SMILES string of the molecule is COc1c(NC=O)cccc1C(=O)NC1C(=O)NC(C)C2CCCCC2C(=O)OC1C. The number of methoxy groups -OCH3 is 1. The molecule has 3 rings (SSSR count). The van der Waals surface area contributed by atoms with E-state index in [0.29, 0.717) is 12.1 Å². The number of ether oxygens (including phenoxy) is 2. The van der Waals surface area contributed by atoms with Crippen molar-refractivity contribution in [1.82, 2.24) is 10.6 Å². The molecule has 1 saturated carbocycles. The van der Waals surface area contributed by atoms with E-state index >= 15 is 0 Å². The largest absolute Gasteiger partial charge is 0.494 e. The van der Waals surface area contributed by atoms with Gasteiger partial charge in [-0.1, -0.05) is 18.9 Å². The summed E-state index contributed by atoms with van der Waals surface area (Å²) in [6.07, 6.45) is 3.17. The highest BCUT2D eigenvalue weighted by Crippen LogP contribution is 2.34. The molecule has 0 bridgehead atoms. The van der Waals surface area contributed by atoms with Gasteiger partial charge in [0, 0.05) is 6.04 Å². The molecule has 1 aliphatic carbocycles. The standard InChI is InChI=1S/C22H29N3O6/c1-12-14-7-4-5-8-15(14)22(29)31-13(2)18(21(28)24-12)25-20(27)16-9-6-10-17(23-11-26)19(16)30-3/h6,9-15,18H,4-5,7-8H2,1-3H3,(H,23,26)(H,24,28)(H,25,27). The maximum absolute atomic E-state index is 13.0. The second-order valence-electron chi connectivity index (χ2n) is 8.09. The summed E-state index contributed by atoms with van der Waals surface area (Å²) in [5, 5.41) is 8.11. The van der Waals surface area contributed by atoms with Crippen LogP contribution in [0.4, 0.5) is 5.69 Å². The smallest absolute Gasteiger partial charge is 0.309 e. The van der Waals surface area contributed by atoms with Gasteiger partial charge in [-0.3, -0.25) is 19.2 Å². The summed E-state index contributed by atoms with van der Waals surface area (Å²) in [7, 11) is 1.38. The molecule has 2 fully saturated rings. The first-order valence-electron chi connectivity index (χ1n) is 10.6. The third kappa shape index (κ3) is 4.81. The Morgan fingerprint density at radius 2 is 1.97 bits per heavy atom. The van der Waals surface area contributed by atoms with Crippen LogP contribution in [0.3, 0.4) is 0 Å². The predicted molar refractivity (Wildman–Crippen MR) is 113 cm³/mol. The average Bonchev–Trinajstić information content (AvgIpc) is 2.79. The van der Waals surface area contributed by atoms with Crippen molar-refractivity contribution in [2.24, 2.45) is 11.8 Å². The van der Waals surface area contributed by atoms with E-state index in [4.69, 9.17) is 9.47 Å². The predicted octanol–water partition coefficient (Wildman–Crippen LogP) is 1.62. The highest BCUT2D eigenvalue weighted by atomic mass is 16.5. The number of amides is 3. The van der Waals surface area contributed by atoms with E-state index in [9.17, 15) is 19.2 Å². The summed E-state index contributed by atoms with van der Waals surface area (Å²) < 4.78 is 10.9. The van der Waals surface area contributed by atoms with Gasteiger partial charge in [-0.2, -0.15) is 0 Å². The maximum atomic E-state index is 13.0. The van der Waals surface area contributed by atoms with E-state index in [1.807, 2.05) is 6.92 Å². The van der Waals surface area contributed by atoms with Crippen molar-refractivity contribution in [3.63, 3.8) is 0 Å². The minimum absolute atomic E-state index is 0.0121. The number of hydrogen-bond acceptors (Lipinski definition) is 6. The van der Waals surface area contributed by atoms with Crippen molar-refractivity contribution in [2.75, 3.05) is 12.4 Å². The van der Waals surface area contributed by atoms with Crippen molar-refractivity contribution in [3.8, 4) is 5.75 Å².